The van der Waals surface area contributed by atoms with E-state index in [1.807, 2.05) is 0 Å². The highest BCUT2D eigenvalue weighted by molar-refractivity contribution is 7.89. The first-order chi connectivity index (χ1) is 11.5. The van der Waals surface area contributed by atoms with Crippen molar-refractivity contribution in [2.24, 2.45) is 0 Å². The summed E-state index contributed by atoms with van der Waals surface area (Å²) >= 11 is 6.06. The first kappa shape index (κ1) is 16.8. The van der Waals surface area contributed by atoms with E-state index >= 15 is 0 Å². The maximum Gasteiger partial charge on any atom is 0.256 e. The number of nitrogens with zero attached hydrogens (tertiary/aromatic N) is 3. The predicted molar refractivity (Wildman–Crippen MR) is 89.4 cm³/mol. The molecule has 2 aromatic rings. The van der Waals surface area contributed by atoms with Crippen LogP contribution in [0, 0.1) is 0 Å². The number of aromatic nitrogens is 2. The minimum Gasteiger partial charge on any atom is -0.305 e. The molecule has 1 aliphatic heterocycles. The molecule has 0 saturated carbocycles. The quantitative estimate of drug-likeness (QED) is 0.895. The number of hydrogen-bond acceptors (Lipinski definition) is 5. The number of hydrogen-bond donors (Lipinski definition) is 1. The fourth-order valence-electron chi connectivity index (χ4n) is 2.46. The number of rotatable bonds is 4. The summed E-state index contributed by atoms with van der Waals surface area (Å²) in [5.41, 5.74) is 0.183. The van der Waals surface area contributed by atoms with Crippen molar-refractivity contribution in [3.8, 4) is 0 Å². The van der Waals surface area contributed by atoms with Gasteiger partial charge in [0.25, 0.3) is 5.91 Å². The molecule has 3 rings (SSSR count). The van der Waals surface area contributed by atoms with Crippen LogP contribution >= 0.6 is 11.6 Å². The standard InChI is InChI=1S/C15H15ClN4O3S/c16-12-4-3-11(15(21)19-14-10-17-5-6-18-14)9-13(12)24(22,23)20-7-1-2-8-20/h3-6,9-10H,1-2,7-8H2,(H,18,19,21). The van der Waals surface area contributed by atoms with Crippen LogP contribution in [0.2, 0.25) is 5.02 Å². The highest BCUT2D eigenvalue weighted by Gasteiger charge is 2.29. The van der Waals surface area contributed by atoms with Crippen molar-refractivity contribution in [2.45, 2.75) is 17.7 Å². The second-order valence-corrected chi connectivity index (χ2v) is 7.61. The lowest BCUT2D eigenvalue weighted by Crippen LogP contribution is -2.28. The number of halogens is 1. The molecule has 1 aromatic heterocycles. The molecular weight excluding hydrogens is 352 g/mol. The molecule has 1 fully saturated rings. The summed E-state index contributed by atoms with van der Waals surface area (Å²) in [6.45, 7) is 0.934. The smallest absolute Gasteiger partial charge is 0.256 e. The SMILES string of the molecule is O=C(Nc1cnccn1)c1ccc(Cl)c(S(=O)(=O)N2CCCC2)c1. The maximum atomic E-state index is 12.7. The molecule has 0 unspecified atom stereocenters. The summed E-state index contributed by atoms with van der Waals surface area (Å²) in [6.07, 6.45) is 5.97. The average Bonchev–Trinajstić information content (AvgIpc) is 3.11. The molecule has 1 aromatic carbocycles. The number of carbonyl (C=O) groups excluding carboxylic acids is 1. The van der Waals surface area contributed by atoms with Gasteiger partial charge < -0.3 is 5.32 Å². The van der Waals surface area contributed by atoms with Crippen LogP contribution in [0.1, 0.15) is 23.2 Å². The van der Waals surface area contributed by atoms with Crippen molar-refractivity contribution >= 4 is 33.3 Å². The van der Waals surface area contributed by atoms with Crippen LogP contribution < -0.4 is 5.32 Å². The van der Waals surface area contributed by atoms with Crippen LogP contribution in [0.25, 0.3) is 0 Å². The predicted octanol–water partition coefficient (Wildman–Crippen LogP) is 2.17. The van der Waals surface area contributed by atoms with Gasteiger partial charge in [0.15, 0.2) is 5.82 Å². The minimum atomic E-state index is -3.70. The van der Waals surface area contributed by atoms with Gasteiger partial charge in [-0.3, -0.25) is 9.78 Å². The number of benzene rings is 1. The van der Waals surface area contributed by atoms with E-state index < -0.39 is 15.9 Å². The second-order valence-electron chi connectivity index (χ2n) is 5.30. The van der Waals surface area contributed by atoms with Gasteiger partial charge in [0.05, 0.1) is 11.2 Å². The Labute approximate surface area is 144 Å². The number of nitrogens with one attached hydrogen (secondary N) is 1. The average molecular weight is 367 g/mol. The molecule has 126 valence electrons. The molecule has 9 heteroatoms. The zero-order valence-corrected chi connectivity index (χ0v) is 14.2. The van der Waals surface area contributed by atoms with E-state index in [2.05, 4.69) is 15.3 Å². The second kappa shape index (κ2) is 6.84. The largest absolute Gasteiger partial charge is 0.305 e. The number of sulfonamides is 1. The molecule has 1 saturated heterocycles. The van der Waals surface area contributed by atoms with E-state index in [-0.39, 0.29) is 21.3 Å². The lowest BCUT2D eigenvalue weighted by Gasteiger charge is -2.17. The minimum absolute atomic E-state index is 0.0575. The van der Waals surface area contributed by atoms with Crippen LogP contribution in [0.3, 0.4) is 0 Å². The molecule has 1 amide bonds. The topological polar surface area (TPSA) is 92.3 Å². The number of amides is 1. The van der Waals surface area contributed by atoms with Crippen molar-refractivity contribution in [1.82, 2.24) is 14.3 Å². The molecule has 0 atom stereocenters. The molecule has 24 heavy (non-hydrogen) atoms. The molecule has 7 nitrogen and oxygen atoms in total. The molecule has 0 bridgehead atoms. The Bertz CT molecular complexity index is 852. The van der Waals surface area contributed by atoms with E-state index in [0.29, 0.717) is 13.1 Å². The Kier molecular flexibility index (Phi) is 4.79. The summed E-state index contributed by atoms with van der Waals surface area (Å²) < 4.78 is 26.7. The number of carbonyl (C=O) groups is 1. The Hall–Kier alpha value is -2.03. The van der Waals surface area contributed by atoms with Crippen molar-refractivity contribution < 1.29 is 13.2 Å². The Morgan fingerprint density at radius 1 is 1.21 bits per heavy atom. The zero-order valence-electron chi connectivity index (χ0n) is 12.6. The van der Waals surface area contributed by atoms with Gasteiger partial charge in [-0.05, 0) is 31.0 Å². The molecule has 0 aliphatic carbocycles. The van der Waals surface area contributed by atoms with Crippen LogP contribution in [0.4, 0.5) is 5.82 Å². The lowest BCUT2D eigenvalue weighted by molar-refractivity contribution is 0.102. The molecule has 0 radical (unpaired) electrons. The summed E-state index contributed by atoms with van der Waals surface area (Å²) in [4.78, 5) is 20.0. The summed E-state index contributed by atoms with van der Waals surface area (Å²) in [5.74, 6) is -0.202. The molecule has 2 heterocycles. The lowest BCUT2D eigenvalue weighted by atomic mass is 10.2. The van der Waals surface area contributed by atoms with Crippen molar-refractivity contribution in [3.05, 3.63) is 47.4 Å². The molecular formula is C15H15ClN4O3S. The monoisotopic (exact) mass is 366 g/mol. The van der Waals surface area contributed by atoms with Crippen LogP contribution in [-0.2, 0) is 10.0 Å². The van der Waals surface area contributed by atoms with Gasteiger partial charge >= 0.3 is 0 Å². The molecule has 1 aliphatic rings. The highest BCUT2D eigenvalue weighted by atomic mass is 35.5. The van der Waals surface area contributed by atoms with Crippen LogP contribution in [0.5, 0.6) is 0 Å². The van der Waals surface area contributed by atoms with Gasteiger partial charge in [-0.15, -0.1) is 0 Å². The summed E-state index contributed by atoms with van der Waals surface area (Å²) in [5, 5.41) is 2.66. The van der Waals surface area contributed by atoms with Crippen molar-refractivity contribution in [2.75, 3.05) is 18.4 Å². The van der Waals surface area contributed by atoms with Gasteiger partial charge in [0, 0.05) is 31.0 Å². The van der Waals surface area contributed by atoms with E-state index in [0.717, 1.165) is 12.8 Å². The third-order valence-corrected chi connectivity index (χ3v) is 6.06. The van der Waals surface area contributed by atoms with Gasteiger partial charge in [-0.25, -0.2) is 13.4 Å². The van der Waals surface area contributed by atoms with Crippen LogP contribution in [-0.4, -0.2) is 41.7 Å². The van der Waals surface area contributed by atoms with Gasteiger partial charge in [-0.1, -0.05) is 11.6 Å². The van der Waals surface area contributed by atoms with E-state index in [1.165, 1.54) is 41.1 Å². The Balaban J connectivity index is 1.90. The van der Waals surface area contributed by atoms with Gasteiger partial charge in [-0.2, -0.15) is 4.31 Å². The summed E-state index contributed by atoms with van der Waals surface area (Å²) in [7, 11) is -3.70. The first-order valence-electron chi connectivity index (χ1n) is 7.35. The molecule has 1 N–H and O–H groups in total. The van der Waals surface area contributed by atoms with E-state index in [9.17, 15) is 13.2 Å². The Morgan fingerprint density at radius 2 is 1.96 bits per heavy atom. The number of anilines is 1. The first-order valence-corrected chi connectivity index (χ1v) is 9.17. The fraction of sp³-hybridized carbons (Fsp3) is 0.267. The van der Waals surface area contributed by atoms with Gasteiger partial charge in [0.2, 0.25) is 10.0 Å². The van der Waals surface area contributed by atoms with E-state index in [1.54, 1.807) is 0 Å². The fourth-order valence-corrected chi connectivity index (χ4v) is 4.48. The van der Waals surface area contributed by atoms with Gasteiger partial charge in [0.1, 0.15) is 4.90 Å². The summed E-state index contributed by atoms with van der Waals surface area (Å²) in [6, 6.07) is 4.18. The third-order valence-electron chi connectivity index (χ3n) is 3.68. The molecule has 0 spiro atoms. The van der Waals surface area contributed by atoms with Crippen molar-refractivity contribution in [3.63, 3.8) is 0 Å². The zero-order chi connectivity index (χ0) is 17.2. The van der Waals surface area contributed by atoms with E-state index in [4.69, 9.17) is 11.6 Å². The maximum absolute atomic E-state index is 12.7. The van der Waals surface area contributed by atoms with Crippen LogP contribution in [0.15, 0.2) is 41.7 Å². The normalized spacial score (nSPS) is 15.4. The Morgan fingerprint density at radius 3 is 2.62 bits per heavy atom. The highest BCUT2D eigenvalue weighted by Crippen LogP contribution is 2.28. The van der Waals surface area contributed by atoms with Crippen molar-refractivity contribution in [1.29, 1.82) is 0 Å². The third kappa shape index (κ3) is 3.40.